The van der Waals surface area contributed by atoms with Gasteiger partial charge in [0.05, 0.1) is 4.47 Å². The number of benzene rings is 2. The molecule has 0 aliphatic rings. The van der Waals surface area contributed by atoms with Gasteiger partial charge in [-0.05, 0) is 39.2 Å². The summed E-state index contributed by atoms with van der Waals surface area (Å²) in [7, 11) is 0. The summed E-state index contributed by atoms with van der Waals surface area (Å²) in [5.74, 6) is 0.877. The zero-order chi connectivity index (χ0) is 14.4. The van der Waals surface area contributed by atoms with Crippen LogP contribution in [0.4, 0.5) is 0 Å². The Bertz CT molecular complexity index is 546. The van der Waals surface area contributed by atoms with Gasteiger partial charge >= 0.3 is 0 Å². The summed E-state index contributed by atoms with van der Waals surface area (Å²) in [4.78, 5) is 0. The van der Waals surface area contributed by atoms with Gasteiger partial charge in [0.25, 0.3) is 0 Å². The van der Waals surface area contributed by atoms with Crippen molar-refractivity contribution in [2.45, 2.75) is 33.0 Å². The monoisotopic (exact) mass is 369 g/mol. The molecular weight excluding hydrogens is 350 g/mol. The highest BCUT2D eigenvalue weighted by atomic mass is 79.9. The quantitative estimate of drug-likeness (QED) is 0.777. The Balaban J connectivity index is 0.00000220. The molecule has 0 spiro atoms. The first-order valence-electron chi connectivity index (χ1n) is 6.83. The molecule has 0 unspecified atom stereocenters. The van der Waals surface area contributed by atoms with Gasteiger partial charge in [0, 0.05) is 12.6 Å². The van der Waals surface area contributed by atoms with Crippen LogP contribution in [0.25, 0.3) is 0 Å². The second-order valence-corrected chi connectivity index (χ2v) is 5.93. The summed E-state index contributed by atoms with van der Waals surface area (Å²) < 4.78 is 6.83. The molecule has 4 heteroatoms. The molecule has 0 aromatic heterocycles. The van der Waals surface area contributed by atoms with Crippen LogP contribution >= 0.6 is 28.3 Å². The van der Waals surface area contributed by atoms with Crippen molar-refractivity contribution in [3.05, 3.63) is 64.1 Å². The number of ether oxygens (including phenoxy) is 1. The highest BCUT2D eigenvalue weighted by Gasteiger charge is 2.04. The fourth-order valence-electron chi connectivity index (χ4n) is 1.83. The largest absolute Gasteiger partial charge is 0.488 e. The van der Waals surface area contributed by atoms with E-state index in [4.69, 9.17) is 4.74 Å². The average Bonchev–Trinajstić information content (AvgIpc) is 2.45. The van der Waals surface area contributed by atoms with Crippen molar-refractivity contribution >= 4 is 28.3 Å². The summed E-state index contributed by atoms with van der Waals surface area (Å²) in [5.41, 5.74) is 2.42. The molecule has 0 bridgehead atoms. The van der Waals surface area contributed by atoms with Gasteiger partial charge in [-0.15, -0.1) is 12.4 Å². The molecule has 0 amide bonds. The molecule has 1 N–H and O–H groups in total. The smallest absolute Gasteiger partial charge is 0.134 e. The zero-order valence-corrected chi connectivity index (χ0v) is 14.7. The molecule has 2 aromatic rings. The number of rotatable bonds is 6. The Labute approximate surface area is 141 Å². The summed E-state index contributed by atoms with van der Waals surface area (Å²) in [6.07, 6.45) is 0. The predicted molar refractivity (Wildman–Crippen MR) is 94.1 cm³/mol. The third-order valence-electron chi connectivity index (χ3n) is 2.95. The second-order valence-electron chi connectivity index (χ2n) is 5.07. The van der Waals surface area contributed by atoms with Crippen LogP contribution in [0.5, 0.6) is 5.75 Å². The summed E-state index contributed by atoms with van der Waals surface area (Å²) >= 11 is 3.57. The van der Waals surface area contributed by atoms with Crippen LogP contribution in [0, 0.1) is 0 Å². The number of hydrogen-bond donors (Lipinski definition) is 1. The van der Waals surface area contributed by atoms with Crippen LogP contribution in [-0.2, 0) is 13.2 Å². The van der Waals surface area contributed by atoms with Crippen molar-refractivity contribution in [3.63, 3.8) is 0 Å². The third-order valence-corrected chi connectivity index (χ3v) is 3.57. The SMILES string of the molecule is CC(C)NCc1ccc(OCc2ccccc2)c(Br)c1.Cl. The molecule has 21 heavy (non-hydrogen) atoms. The topological polar surface area (TPSA) is 21.3 Å². The predicted octanol–water partition coefficient (Wildman–Crippen LogP) is 4.95. The lowest BCUT2D eigenvalue weighted by molar-refractivity contribution is 0.304. The Hall–Kier alpha value is -1.03. The molecule has 0 saturated carbocycles. The van der Waals surface area contributed by atoms with E-state index >= 15 is 0 Å². The maximum absolute atomic E-state index is 5.84. The van der Waals surface area contributed by atoms with E-state index in [9.17, 15) is 0 Å². The minimum atomic E-state index is 0. The van der Waals surface area contributed by atoms with Gasteiger partial charge in [-0.2, -0.15) is 0 Å². The fourth-order valence-corrected chi connectivity index (χ4v) is 2.37. The van der Waals surface area contributed by atoms with Crippen LogP contribution in [0.15, 0.2) is 53.0 Å². The molecule has 0 heterocycles. The normalized spacial score (nSPS) is 10.3. The minimum absolute atomic E-state index is 0. The molecule has 114 valence electrons. The van der Waals surface area contributed by atoms with Crippen LogP contribution in [0.2, 0.25) is 0 Å². The van der Waals surface area contributed by atoms with E-state index in [1.807, 2.05) is 24.3 Å². The Morgan fingerprint density at radius 1 is 1.05 bits per heavy atom. The molecular formula is C17H21BrClNO. The Morgan fingerprint density at radius 3 is 2.38 bits per heavy atom. The van der Waals surface area contributed by atoms with Crippen molar-refractivity contribution in [1.29, 1.82) is 0 Å². The molecule has 2 aromatic carbocycles. The van der Waals surface area contributed by atoms with Gasteiger partial charge in [0.1, 0.15) is 12.4 Å². The zero-order valence-electron chi connectivity index (χ0n) is 12.3. The first-order valence-corrected chi connectivity index (χ1v) is 7.63. The van der Waals surface area contributed by atoms with Crippen LogP contribution in [0.3, 0.4) is 0 Å². The number of hydrogen-bond acceptors (Lipinski definition) is 2. The lowest BCUT2D eigenvalue weighted by atomic mass is 10.2. The van der Waals surface area contributed by atoms with Crippen molar-refractivity contribution in [2.24, 2.45) is 0 Å². The van der Waals surface area contributed by atoms with Gasteiger partial charge in [-0.25, -0.2) is 0 Å². The Morgan fingerprint density at radius 2 is 1.76 bits per heavy atom. The molecule has 2 nitrogen and oxygen atoms in total. The fraction of sp³-hybridized carbons (Fsp3) is 0.294. The molecule has 0 radical (unpaired) electrons. The number of halogens is 2. The van der Waals surface area contributed by atoms with E-state index in [1.165, 1.54) is 11.1 Å². The van der Waals surface area contributed by atoms with E-state index in [0.29, 0.717) is 12.6 Å². The summed E-state index contributed by atoms with van der Waals surface area (Å²) in [6.45, 7) is 5.75. The van der Waals surface area contributed by atoms with Crippen LogP contribution < -0.4 is 10.1 Å². The highest BCUT2D eigenvalue weighted by Crippen LogP contribution is 2.26. The van der Waals surface area contributed by atoms with E-state index in [1.54, 1.807) is 0 Å². The van der Waals surface area contributed by atoms with Gasteiger partial charge in [0.15, 0.2) is 0 Å². The average molecular weight is 371 g/mol. The minimum Gasteiger partial charge on any atom is -0.488 e. The van der Waals surface area contributed by atoms with Crippen molar-refractivity contribution in [1.82, 2.24) is 5.32 Å². The third kappa shape index (κ3) is 6.08. The molecule has 0 atom stereocenters. The van der Waals surface area contributed by atoms with Crippen LogP contribution in [0.1, 0.15) is 25.0 Å². The molecule has 0 saturated heterocycles. The Kier molecular flexibility index (Phi) is 7.79. The van der Waals surface area contributed by atoms with E-state index in [2.05, 4.69) is 59.4 Å². The van der Waals surface area contributed by atoms with E-state index in [-0.39, 0.29) is 12.4 Å². The molecule has 2 rings (SSSR count). The van der Waals surface area contributed by atoms with E-state index in [0.717, 1.165) is 16.8 Å². The van der Waals surface area contributed by atoms with Crippen molar-refractivity contribution in [2.75, 3.05) is 0 Å². The lowest BCUT2D eigenvalue weighted by Gasteiger charge is -2.11. The van der Waals surface area contributed by atoms with Crippen molar-refractivity contribution in [3.8, 4) is 5.75 Å². The number of nitrogens with one attached hydrogen (secondary N) is 1. The molecule has 0 aliphatic heterocycles. The van der Waals surface area contributed by atoms with Crippen molar-refractivity contribution < 1.29 is 4.74 Å². The van der Waals surface area contributed by atoms with Gasteiger partial charge in [0.2, 0.25) is 0 Å². The standard InChI is InChI=1S/C17H20BrNO.ClH/c1-13(2)19-11-15-8-9-17(16(18)10-15)20-12-14-6-4-3-5-7-14;/h3-10,13,19H,11-12H2,1-2H3;1H. The first kappa shape index (κ1) is 18.0. The summed E-state index contributed by atoms with van der Waals surface area (Å²) in [5, 5.41) is 3.40. The maximum Gasteiger partial charge on any atom is 0.134 e. The van der Waals surface area contributed by atoms with E-state index < -0.39 is 0 Å². The maximum atomic E-state index is 5.84. The van der Waals surface area contributed by atoms with Crippen LogP contribution in [-0.4, -0.2) is 6.04 Å². The second kappa shape index (κ2) is 9.08. The van der Waals surface area contributed by atoms with Gasteiger partial charge in [-0.3, -0.25) is 0 Å². The van der Waals surface area contributed by atoms with Gasteiger partial charge < -0.3 is 10.1 Å². The highest BCUT2D eigenvalue weighted by molar-refractivity contribution is 9.10. The first-order chi connectivity index (χ1) is 9.65. The molecule has 0 fully saturated rings. The van der Waals surface area contributed by atoms with Gasteiger partial charge in [-0.1, -0.05) is 50.2 Å². The molecule has 0 aliphatic carbocycles. The summed E-state index contributed by atoms with van der Waals surface area (Å²) in [6, 6.07) is 16.9. The lowest BCUT2D eigenvalue weighted by Crippen LogP contribution is -2.21.